The molecule has 0 aliphatic carbocycles. The molecule has 3 N–H and O–H groups in total. The molecule has 3 aromatic rings. The van der Waals surface area contributed by atoms with Crippen LogP contribution in [0.4, 0.5) is 15.9 Å². The number of pyridine rings is 1. The summed E-state index contributed by atoms with van der Waals surface area (Å²) >= 11 is 5.90. The second kappa shape index (κ2) is 6.64. The number of benzene rings is 1. The third kappa shape index (κ3) is 3.20. The topological polar surface area (TPSA) is 123 Å². The van der Waals surface area contributed by atoms with E-state index in [4.69, 9.17) is 21.9 Å². The Balaban J connectivity index is 1.76. The van der Waals surface area contributed by atoms with Gasteiger partial charge in [0.15, 0.2) is 20.9 Å². The first-order chi connectivity index (χ1) is 13.9. The molecule has 11 heteroatoms. The first-order valence-electron chi connectivity index (χ1n) is 8.99. The maximum absolute atomic E-state index is 14.8. The van der Waals surface area contributed by atoms with Crippen molar-refractivity contribution in [3.8, 4) is 0 Å². The van der Waals surface area contributed by atoms with Crippen molar-refractivity contribution in [3.05, 3.63) is 46.9 Å². The first-order valence-corrected chi connectivity index (χ1v) is 11.0. The molecule has 2 aromatic heterocycles. The maximum atomic E-state index is 14.8. The number of sulfone groups is 1. The van der Waals surface area contributed by atoms with Crippen LogP contribution in [0.25, 0.3) is 11.1 Å². The van der Waals surface area contributed by atoms with Gasteiger partial charge in [-0.1, -0.05) is 16.8 Å². The zero-order valence-corrected chi connectivity index (χ0v) is 18.0. The molecule has 158 valence electrons. The number of amidine groups is 1. The zero-order chi connectivity index (χ0) is 21.9. The molecule has 1 aliphatic rings. The number of fused-ring (bicyclic) bond motifs is 1. The quantitative estimate of drug-likeness (QED) is 0.624. The minimum Gasteiger partial charge on any atom is -0.386 e. The van der Waals surface area contributed by atoms with Gasteiger partial charge in [-0.2, -0.15) is 0 Å². The van der Waals surface area contributed by atoms with E-state index in [-0.39, 0.29) is 17.2 Å². The lowest BCUT2D eigenvalue weighted by molar-refractivity contribution is 0.460. The van der Waals surface area contributed by atoms with Crippen LogP contribution in [0, 0.1) is 5.82 Å². The van der Waals surface area contributed by atoms with Crippen LogP contribution in [0.15, 0.2) is 40.0 Å². The number of nitrogens with two attached hydrogens (primary N) is 1. The molecule has 1 aromatic carbocycles. The highest BCUT2D eigenvalue weighted by atomic mass is 35.5. The fraction of sp³-hybridized carbons (Fsp3) is 0.316. The van der Waals surface area contributed by atoms with Gasteiger partial charge in [0, 0.05) is 23.5 Å². The van der Waals surface area contributed by atoms with E-state index in [0.717, 1.165) is 0 Å². The van der Waals surface area contributed by atoms with E-state index in [0.29, 0.717) is 27.6 Å². The molecule has 0 fully saturated rings. The fourth-order valence-corrected chi connectivity index (χ4v) is 5.15. The number of rotatable bonds is 3. The number of hydrogen-bond donors (Lipinski definition) is 2. The van der Waals surface area contributed by atoms with Gasteiger partial charge in [0.05, 0.1) is 10.8 Å². The van der Waals surface area contributed by atoms with Crippen LogP contribution >= 0.6 is 11.6 Å². The van der Waals surface area contributed by atoms with E-state index in [1.165, 1.54) is 38.2 Å². The third-order valence-corrected chi connectivity index (χ3v) is 8.23. The fourth-order valence-electron chi connectivity index (χ4n) is 3.32. The zero-order valence-electron chi connectivity index (χ0n) is 16.4. The highest BCUT2D eigenvalue weighted by Gasteiger charge is 2.49. The summed E-state index contributed by atoms with van der Waals surface area (Å²) < 4.78 is 44.2. The summed E-state index contributed by atoms with van der Waals surface area (Å²) in [7, 11) is -3.67. The van der Waals surface area contributed by atoms with Gasteiger partial charge in [0.25, 0.3) is 0 Å². The Labute approximate surface area is 177 Å². The van der Waals surface area contributed by atoms with Crippen molar-refractivity contribution in [2.45, 2.75) is 31.1 Å². The molecule has 3 heterocycles. The van der Waals surface area contributed by atoms with Crippen LogP contribution < -0.4 is 11.1 Å². The molecule has 0 spiro atoms. The summed E-state index contributed by atoms with van der Waals surface area (Å²) in [6.45, 7) is 4.53. The van der Waals surface area contributed by atoms with Crippen molar-refractivity contribution < 1.29 is 17.3 Å². The third-order valence-electron chi connectivity index (χ3n) is 5.32. The van der Waals surface area contributed by atoms with Crippen LogP contribution in [0.1, 0.15) is 26.3 Å². The SMILES string of the molecule is CC1(C)C(N)=N[C@@](C)(c2cc(Nc3noc4cc(Cl)cnc34)ccc2F)CS1(=O)=O. The molecule has 0 saturated carbocycles. The summed E-state index contributed by atoms with van der Waals surface area (Å²) in [5, 5.41) is 7.34. The van der Waals surface area contributed by atoms with Crippen molar-refractivity contribution in [3.63, 3.8) is 0 Å². The Morgan fingerprint density at radius 2 is 2.00 bits per heavy atom. The first kappa shape index (κ1) is 20.5. The molecule has 1 atom stereocenters. The number of halogens is 2. The van der Waals surface area contributed by atoms with Gasteiger partial charge in [-0.25, -0.2) is 17.8 Å². The molecule has 1 aliphatic heterocycles. The molecular formula is C19H19ClFN5O3S. The Morgan fingerprint density at radius 3 is 2.70 bits per heavy atom. The molecule has 0 bridgehead atoms. The van der Waals surface area contributed by atoms with E-state index in [2.05, 4.69) is 20.4 Å². The molecule has 0 unspecified atom stereocenters. The lowest BCUT2D eigenvalue weighted by Crippen LogP contribution is -2.54. The van der Waals surface area contributed by atoms with Gasteiger partial charge in [0.1, 0.15) is 21.9 Å². The van der Waals surface area contributed by atoms with E-state index >= 15 is 0 Å². The van der Waals surface area contributed by atoms with Crippen LogP contribution in [0.2, 0.25) is 5.02 Å². The van der Waals surface area contributed by atoms with Gasteiger partial charge >= 0.3 is 0 Å². The molecule has 8 nitrogen and oxygen atoms in total. The second-order valence-electron chi connectivity index (χ2n) is 7.89. The average Bonchev–Trinajstić information content (AvgIpc) is 3.03. The molecule has 30 heavy (non-hydrogen) atoms. The number of hydrogen-bond acceptors (Lipinski definition) is 8. The van der Waals surface area contributed by atoms with Crippen LogP contribution in [0.3, 0.4) is 0 Å². The molecule has 0 saturated heterocycles. The lowest BCUT2D eigenvalue weighted by atomic mass is 9.92. The summed E-state index contributed by atoms with van der Waals surface area (Å²) in [6.07, 6.45) is 1.45. The Hall–Kier alpha value is -2.72. The standard InChI is InChI=1S/C19H19ClFN5O3S/c1-18(2)17(22)25-19(3,9-30(18,27)28)12-7-11(4-5-13(12)21)24-16-15-14(29-26-16)6-10(20)8-23-15/h4-8H,9H2,1-3H3,(H2,22,25)(H,24,26)/t19-/m1/s1. The number of nitrogens with one attached hydrogen (secondary N) is 1. The monoisotopic (exact) mass is 451 g/mol. The molecule has 0 radical (unpaired) electrons. The van der Waals surface area contributed by atoms with Crippen LogP contribution in [-0.4, -0.2) is 34.9 Å². The van der Waals surface area contributed by atoms with Crippen LogP contribution in [0.5, 0.6) is 0 Å². The predicted octanol–water partition coefficient (Wildman–Crippen LogP) is 3.54. The van der Waals surface area contributed by atoms with E-state index in [1.54, 1.807) is 13.0 Å². The van der Waals surface area contributed by atoms with Crippen LogP contribution in [-0.2, 0) is 15.4 Å². The van der Waals surface area contributed by atoms with Crippen molar-refractivity contribution in [1.82, 2.24) is 10.1 Å². The Kier molecular flexibility index (Phi) is 4.55. The van der Waals surface area contributed by atoms with Crippen molar-refractivity contribution >= 4 is 49.9 Å². The Bertz CT molecular complexity index is 1300. The molecule has 4 rings (SSSR count). The molecular weight excluding hydrogens is 433 g/mol. The average molecular weight is 452 g/mol. The van der Waals surface area contributed by atoms with Gasteiger partial charge < -0.3 is 15.6 Å². The van der Waals surface area contributed by atoms with Gasteiger partial charge in [0.2, 0.25) is 5.82 Å². The Morgan fingerprint density at radius 1 is 1.27 bits per heavy atom. The predicted molar refractivity (Wildman–Crippen MR) is 113 cm³/mol. The minimum absolute atomic E-state index is 0.0578. The number of aliphatic imine (C=N–C) groups is 1. The van der Waals surface area contributed by atoms with E-state index in [9.17, 15) is 12.8 Å². The van der Waals surface area contributed by atoms with Crippen molar-refractivity contribution in [2.24, 2.45) is 10.7 Å². The number of anilines is 2. The second-order valence-corrected chi connectivity index (χ2v) is 10.9. The van der Waals surface area contributed by atoms with E-state index < -0.39 is 25.9 Å². The summed E-state index contributed by atoms with van der Waals surface area (Å²) in [5.41, 5.74) is 5.97. The van der Waals surface area contributed by atoms with Crippen molar-refractivity contribution in [2.75, 3.05) is 11.1 Å². The number of nitrogens with zero attached hydrogens (tertiary/aromatic N) is 3. The molecule has 0 amide bonds. The smallest absolute Gasteiger partial charge is 0.200 e. The van der Waals surface area contributed by atoms with Crippen molar-refractivity contribution in [1.29, 1.82) is 0 Å². The normalized spacial score (nSPS) is 22.6. The number of aromatic nitrogens is 2. The van der Waals surface area contributed by atoms with E-state index in [1.807, 2.05) is 0 Å². The highest BCUT2D eigenvalue weighted by Crippen LogP contribution is 2.39. The minimum atomic E-state index is -3.67. The highest BCUT2D eigenvalue weighted by molar-refractivity contribution is 7.93. The lowest BCUT2D eigenvalue weighted by Gasteiger charge is -2.38. The van der Waals surface area contributed by atoms with Gasteiger partial charge in [-0.3, -0.25) is 4.99 Å². The summed E-state index contributed by atoms with van der Waals surface area (Å²) in [4.78, 5) is 8.56. The van der Waals surface area contributed by atoms with Gasteiger partial charge in [-0.05, 0) is 39.0 Å². The maximum Gasteiger partial charge on any atom is 0.200 e. The largest absolute Gasteiger partial charge is 0.386 e. The summed E-state index contributed by atoms with van der Waals surface area (Å²) in [6, 6.07) is 5.78. The van der Waals surface area contributed by atoms with Gasteiger partial charge in [-0.15, -0.1) is 0 Å². The summed E-state index contributed by atoms with van der Waals surface area (Å²) in [5.74, 6) is -0.715.